The van der Waals surface area contributed by atoms with E-state index >= 15 is 0 Å². The first-order chi connectivity index (χ1) is 14.9. The molecule has 2 aliphatic rings. The first kappa shape index (κ1) is 20.3. The van der Waals surface area contributed by atoms with Crippen LogP contribution in [-0.2, 0) is 21.2 Å². The van der Waals surface area contributed by atoms with Crippen molar-refractivity contribution >= 4 is 55.4 Å². The highest BCUT2D eigenvalue weighted by atomic mass is 35.5. The van der Waals surface area contributed by atoms with Gasteiger partial charge in [-0.25, -0.2) is 13.4 Å². The quantitative estimate of drug-likeness (QED) is 0.601. The van der Waals surface area contributed by atoms with E-state index < -0.39 is 10.0 Å². The van der Waals surface area contributed by atoms with Crippen molar-refractivity contribution < 1.29 is 14.6 Å². The highest BCUT2D eigenvalue weighted by molar-refractivity contribution is 7.93. The predicted octanol–water partition coefficient (Wildman–Crippen LogP) is 4.01. The third-order valence-corrected chi connectivity index (χ3v) is 8.20. The van der Waals surface area contributed by atoms with Crippen LogP contribution in [0, 0.1) is 0 Å². The monoisotopic (exact) mass is 476 g/mol. The van der Waals surface area contributed by atoms with Gasteiger partial charge in [0.05, 0.1) is 4.90 Å². The van der Waals surface area contributed by atoms with Gasteiger partial charge in [0.15, 0.2) is 5.13 Å². The van der Waals surface area contributed by atoms with Gasteiger partial charge in [-0.1, -0.05) is 17.7 Å². The van der Waals surface area contributed by atoms with E-state index in [0.29, 0.717) is 23.8 Å². The van der Waals surface area contributed by atoms with E-state index in [0.717, 1.165) is 29.2 Å². The lowest BCUT2D eigenvalue weighted by Gasteiger charge is -2.26. The fourth-order valence-corrected chi connectivity index (χ4v) is 6.26. The number of aromatic nitrogens is 1. The van der Waals surface area contributed by atoms with Crippen LogP contribution in [0.3, 0.4) is 0 Å². The van der Waals surface area contributed by atoms with Gasteiger partial charge in [0.1, 0.15) is 6.04 Å². The number of hydrogen-bond donors (Lipinski definition) is 1. The summed E-state index contributed by atoms with van der Waals surface area (Å²) in [4.78, 5) is 21.1. The van der Waals surface area contributed by atoms with E-state index in [1.165, 1.54) is 29.7 Å². The first-order valence-electron chi connectivity index (χ1n) is 9.82. The Morgan fingerprint density at radius 1 is 1.16 bits per heavy atom. The molecule has 1 amide bonds. The maximum absolute atomic E-state index is 13.2. The van der Waals surface area contributed by atoms with Crippen LogP contribution in [0.1, 0.15) is 13.4 Å². The number of benzene rings is 2. The van der Waals surface area contributed by atoms with Crippen molar-refractivity contribution in [3.8, 4) is 0 Å². The van der Waals surface area contributed by atoms with Gasteiger partial charge in [0, 0.05) is 42.5 Å². The van der Waals surface area contributed by atoms with Gasteiger partial charge in [0.2, 0.25) is 5.91 Å². The smallest absolute Gasteiger partial charge is 0.263 e. The molecule has 0 saturated carbocycles. The number of rotatable bonds is 5. The second-order valence-electron chi connectivity index (χ2n) is 7.41. The van der Waals surface area contributed by atoms with Crippen LogP contribution in [-0.4, -0.2) is 38.4 Å². The van der Waals surface area contributed by atoms with Gasteiger partial charge in [-0.05, 0) is 54.8 Å². The van der Waals surface area contributed by atoms with Crippen LogP contribution in [0.5, 0.6) is 0 Å². The maximum Gasteiger partial charge on any atom is 0.263 e. The second-order valence-corrected chi connectivity index (χ2v) is 10.4. The third-order valence-electron chi connectivity index (χ3n) is 5.67. The summed E-state index contributed by atoms with van der Waals surface area (Å²) in [5.74, 6) is 0.0179. The third kappa shape index (κ3) is 3.66. The fourth-order valence-electron chi connectivity index (χ4n) is 4.20. The van der Waals surface area contributed by atoms with Gasteiger partial charge in [0.25, 0.3) is 10.0 Å². The summed E-state index contributed by atoms with van der Waals surface area (Å²) >= 11 is 7.53. The number of sulfonamides is 1. The Labute approximate surface area is 190 Å². The SMILES string of the molecule is O=C1[C@@H](N2CCc3c(Cl)cccc32)CCN1c1ccc(S(=O)(=O)Nc2nccs2)cc1.[HH]. The van der Waals surface area contributed by atoms with Crippen molar-refractivity contribution in [2.75, 3.05) is 27.6 Å². The van der Waals surface area contributed by atoms with Gasteiger partial charge in [-0.15, -0.1) is 11.3 Å². The molecule has 1 N–H and O–H groups in total. The van der Waals surface area contributed by atoms with Crippen LogP contribution in [0.25, 0.3) is 0 Å². The summed E-state index contributed by atoms with van der Waals surface area (Å²) in [7, 11) is -3.72. The van der Waals surface area contributed by atoms with Crippen molar-refractivity contribution in [1.29, 1.82) is 0 Å². The molecule has 3 heterocycles. The number of halogens is 1. The summed E-state index contributed by atoms with van der Waals surface area (Å²) < 4.78 is 27.5. The predicted molar refractivity (Wildman–Crippen MR) is 125 cm³/mol. The zero-order chi connectivity index (χ0) is 21.6. The molecule has 1 saturated heterocycles. The normalized spacial score (nSPS) is 18.5. The highest BCUT2D eigenvalue weighted by Crippen LogP contribution is 2.37. The number of carbonyl (C=O) groups is 1. The zero-order valence-corrected chi connectivity index (χ0v) is 18.8. The molecule has 2 aromatic carbocycles. The highest BCUT2D eigenvalue weighted by Gasteiger charge is 2.39. The van der Waals surface area contributed by atoms with Crippen LogP contribution in [0.15, 0.2) is 58.9 Å². The molecular formula is C21H21ClN4O3S2. The number of nitrogens with one attached hydrogen (secondary N) is 1. The molecule has 162 valence electrons. The number of anilines is 3. The second kappa shape index (κ2) is 7.81. The van der Waals surface area contributed by atoms with E-state index in [1.807, 2.05) is 18.2 Å². The molecule has 1 fully saturated rings. The van der Waals surface area contributed by atoms with E-state index in [1.54, 1.807) is 22.4 Å². The molecule has 5 rings (SSSR count). The fraction of sp³-hybridized carbons (Fsp3) is 0.238. The molecule has 0 unspecified atom stereocenters. The Kier molecular flexibility index (Phi) is 5.11. The maximum atomic E-state index is 13.2. The summed E-state index contributed by atoms with van der Waals surface area (Å²) in [6.45, 7) is 1.35. The molecule has 7 nitrogen and oxygen atoms in total. The van der Waals surface area contributed by atoms with Crippen LogP contribution in [0.2, 0.25) is 5.02 Å². The molecule has 0 radical (unpaired) electrons. The zero-order valence-electron chi connectivity index (χ0n) is 16.4. The minimum absolute atomic E-state index is 0. The van der Waals surface area contributed by atoms with Gasteiger partial charge >= 0.3 is 0 Å². The minimum atomic E-state index is -3.72. The number of amides is 1. The lowest BCUT2D eigenvalue weighted by molar-refractivity contribution is -0.118. The average molecular weight is 477 g/mol. The lowest BCUT2D eigenvalue weighted by atomic mass is 10.1. The van der Waals surface area contributed by atoms with E-state index in [2.05, 4.69) is 14.6 Å². The standard InChI is InChI=1S/C21H19ClN4O3S2.H2/c22-17-2-1-3-18-16(17)8-11-26(18)19-9-12-25(20(19)27)14-4-6-15(7-5-14)31(28,29)24-21-23-10-13-30-21;/h1-7,10,13,19H,8-9,11-12H2,(H,23,24);1H/t19-;/m0./s1. The van der Waals surface area contributed by atoms with E-state index in [-0.39, 0.29) is 18.3 Å². The number of thiazole rings is 1. The molecule has 1 aromatic heterocycles. The van der Waals surface area contributed by atoms with Crippen LogP contribution >= 0.6 is 22.9 Å². The molecule has 0 aliphatic carbocycles. The van der Waals surface area contributed by atoms with Gasteiger partial charge in [-0.3, -0.25) is 9.52 Å². The molecule has 3 aromatic rings. The van der Waals surface area contributed by atoms with Gasteiger partial charge < -0.3 is 9.80 Å². The Bertz CT molecular complexity index is 1240. The summed E-state index contributed by atoms with van der Waals surface area (Å²) in [5, 5.41) is 2.75. The Hall–Kier alpha value is -2.62. The number of fused-ring (bicyclic) bond motifs is 1. The molecule has 0 spiro atoms. The number of nitrogens with zero attached hydrogens (tertiary/aromatic N) is 3. The van der Waals surface area contributed by atoms with Crippen LogP contribution in [0.4, 0.5) is 16.5 Å². The number of hydrogen-bond acceptors (Lipinski definition) is 6. The van der Waals surface area contributed by atoms with Crippen molar-refractivity contribution in [3.05, 3.63) is 64.6 Å². The molecule has 2 aliphatic heterocycles. The first-order valence-corrected chi connectivity index (χ1v) is 12.6. The molecular weight excluding hydrogens is 456 g/mol. The molecule has 0 bridgehead atoms. The Morgan fingerprint density at radius 2 is 1.97 bits per heavy atom. The molecule has 31 heavy (non-hydrogen) atoms. The van der Waals surface area contributed by atoms with Crippen molar-refractivity contribution in [3.63, 3.8) is 0 Å². The number of carbonyl (C=O) groups excluding carboxylic acids is 1. The topological polar surface area (TPSA) is 82.6 Å². The lowest BCUT2D eigenvalue weighted by Crippen LogP contribution is -2.41. The van der Waals surface area contributed by atoms with E-state index in [9.17, 15) is 13.2 Å². The Balaban J connectivity index is 0.00000245. The minimum Gasteiger partial charge on any atom is -0.359 e. The molecule has 10 heteroatoms. The average Bonchev–Trinajstić information content (AvgIpc) is 3.48. The van der Waals surface area contributed by atoms with Crippen molar-refractivity contribution in [1.82, 2.24) is 4.98 Å². The van der Waals surface area contributed by atoms with Crippen molar-refractivity contribution in [2.24, 2.45) is 0 Å². The molecule has 1 atom stereocenters. The summed E-state index contributed by atoms with van der Waals surface area (Å²) in [6.07, 6.45) is 3.07. The van der Waals surface area contributed by atoms with Gasteiger partial charge in [-0.2, -0.15) is 0 Å². The largest absolute Gasteiger partial charge is 0.359 e. The van der Waals surface area contributed by atoms with Crippen molar-refractivity contribution in [2.45, 2.75) is 23.8 Å². The Morgan fingerprint density at radius 3 is 2.71 bits per heavy atom. The van der Waals surface area contributed by atoms with Crippen LogP contribution < -0.4 is 14.5 Å². The van der Waals surface area contributed by atoms with E-state index in [4.69, 9.17) is 11.6 Å². The summed E-state index contributed by atoms with van der Waals surface area (Å²) in [5.41, 5.74) is 2.81. The summed E-state index contributed by atoms with van der Waals surface area (Å²) in [6, 6.07) is 11.9.